The summed E-state index contributed by atoms with van der Waals surface area (Å²) in [6.07, 6.45) is 0. The van der Waals surface area contributed by atoms with Crippen LogP contribution >= 0.6 is 7.92 Å². The van der Waals surface area contributed by atoms with Gasteiger partial charge in [0.15, 0.2) is 0 Å². The second kappa shape index (κ2) is 10.1. The Morgan fingerprint density at radius 2 is 0.714 bits per heavy atom. The highest BCUT2D eigenvalue weighted by Gasteiger charge is 2.16. The summed E-state index contributed by atoms with van der Waals surface area (Å²) < 4.78 is 0. The first-order valence-corrected chi connectivity index (χ1v) is 11.4. The van der Waals surface area contributed by atoms with Crippen molar-refractivity contribution in [1.82, 2.24) is 0 Å². The smallest absolute Gasteiger partial charge is 0.0340 e. The van der Waals surface area contributed by atoms with E-state index in [-0.39, 0.29) is 0 Å². The lowest BCUT2D eigenvalue weighted by Crippen LogP contribution is -2.21. The van der Waals surface area contributed by atoms with Crippen molar-refractivity contribution in [3.05, 3.63) is 72.8 Å². The van der Waals surface area contributed by atoms with Gasteiger partial charge in [0, 0.05) is 36.7 Å². The molecular formula is C24H30N3P. The average molecular weight is 391 g/mol. The summed E-state index contributed by atoms with van der Waals surface area (Å²) in [5.74, 6) is 0. The number of hydrogen-bond donors (Lipinski definition) is 3. The van der Waals surface area contributed by atoms with Crippen LogP contribution < -0.4 is 31.9 Å². The molecule has 0 fully saturated rings. The Hall–Kier alpha value is -2.51. The maximum Gasteiger partial charge on any atom is 0.0340 e. The SMILES string of the molecule is CCNc1ccc(P(c2ccc(NCC)cc2)c2ccc(NCC)cc2)cc1. The number of nitrogens with one attached hydrogen (secondary N) is 3. The Morgan fingerprint density at radius 1 is 0.464 bits per heavy atom. The highest BCUT2D eigenvalue weighted by atomic mass is 31.1. The summed E-state index contributed by atoms with van der Waals surface area (Å²) in [4.78, 5) is 0. The second-order valence-electron chi connectivity index (χ2n) is 6.57. The molecule has 0 heterocycles. The minimum absolute atomic E-state index is 0.594. The maximum absolute atomic E-state index is 3.39. The summed E-state index contributed by atoms with van der Waals surface area (Å²) in [6, 6.07) is 26.7. The molecule has 3 rings (SSSR count). The van der Waals surface area contributed by atoms with Crippen molar-refractivity contribution in [3.8, 4) is 0 Å². The molecular weight excluding hydrogens is 361 g/mol. The van der Waals surface area contributed by atoms with Crippen LogP contribution in [0.4, 0.5) is 17.1 Å². The first kappa shape index (κ1) is 20.2. The minimum atomic E-state index is -0.594. The van der Waals surface area contributed by atoms with Crippen molar-refractivity contribution in [2.75, 3.05) is 35.6 Å². The fraction of sp³-hybridized carbons (Fsp3) is 0.250. The Bertz CT molecular complexity index is 725. The standard InChI is InChI=1S/C24H30N3P/c1-4-25-19-7-13-22(14-8-19)28(23-15-9-20(10-16-23)26-5-2)24-17-11-21(12-18-24)27-6-3/h7-18,25-27H,4-6H2,1-3H3. The van der Waals surface area contributed by atoms with Crippen molar-refractivity contribution in [1.29, 1.82) is 0 Å². The van der Waals surface area contributed by atoms with Gasteiger partial charge in [-0.3, -0.25) is 0 Å². The van der Waals surface area contributed by atoms with E-state index >= 15 is 0 Å². The first-order valence-electron chi connectivity index (χ1n) is 10.1. The van der Waals surface area contributed by atoms with Gasteiger partial charge in [-0.2, -0.15) is 0 Å². The van der Waals surface area contributed by atoms with Gasteiger partial charge in [0.05, 0.1) is 0 Å². The molecule has 0 atom stereocenters. The van der Waals surface area contributed by atoms with E-state index in [2.05, 4.69) is 110 Å². The predicted octanol–water partition coefficient (Wildman–Crippen LogP) is 4.74. The summed E-state index contributed by atoms with van der Waals surface area (Å²) >= 11 is 0. The van der Waals surface area contributed by atoms with Crippen molar-refractivity contribution >= 4 is 40.9 Å². The van der Waals surface area contributed by atoms with E-state index in [1.54, 1.807) is 0 Å². The normalized spacial score (nSPS) is 10.7. The third-order valence-corrected chi connectivity index (χ3v) is 6.96. The van der Waals surface area contributed by atoms with Crippen LogP contribution in [0.15, 0.2) is 72.8 Å². The molecule has 3 nitrogen and oxygen atoms in total. The Morgan fingerprint density at radius 3 is 0.929 bits per heavy atom. The molecule has 0 amide bonds. The monoisotopic (exact) mass is 391 g/mol. The molecule has 0 spiro atoms. The lowest BCUT2D eigenvalue weighted by molar-refractivity contribution is 1.21. The summed E-state index contributed by atoms with van der Waals surface area (Å²) in [7, 11) is -0.594. The van der Waals surface area contributed by atoms with Crippen LogP contribution in [-0.2, 0) is 0 Å². The fourth-order valence-corrected chi connectivity index (χ4v) is 5.48. The molecule has 3 aromatic rings. The lowest BCUT2D eigenvalue weighted by Gasteiger charge is -2.21. The van der Waals surface area contributed by atoms with Crippen LogP contribution in [0.3, 0.4) is 0 Å². The van der Waals surface area contributed by atoms with Gasteiger partial charge in [-0.05, 0) is 81.0 Å². The maximum atomic E-state index is 3.39. The van der Waals surface area contributed by atoms with E-state index in [0.717, 1.165) is 19.6 Å². The third kappa shape index (κ3) is 5.05. The molecule has 0 bridgehead atoms. The number of rotatable bonds is 9. The zero-order chi connectivity index (χ0) is 19.8. The van der Waals surface area contributed by atoms with Gasteiger partial charge < -0.3 is 16.0 Å². The zero-order valence-corrected chi connectivity index (χ0v) is 17.9. The van der Waals surface area contributed by atoms with E-state index < -0.39 is 7.92 Å². The van der Waals surface area contributed by atoms with Gasteiger partial charge in [0.2, 0.25) is 0 Å². The van der Waals surface area contributed by atoms with Crippen LogP contribution in [0, 0.1) is 0 Å². The number of hydrogen-bond acceptors (Lipinski definition) is 3. The molecule has 3 N–H and O–H groups in total. The Balaban J connectivity index is 1.97. The molecule has 28 heavy (non-hydrogen) atoms. The van der Waals surface area contributed by atoms with Crippen LogP contribution in [0.1, 0.15) is 20.8 Å². The van der Waals surface area contributed by atoms with Crippen LogP contribution in [0.5, 0.6) is 0 Å². The average Bonchev–Trinajstić information content (AvgIpc) is 2.73. The molecule has 0 aliphatic rings. The molecule has 4 heteroatoms. The summed E-state index contributed by atoms with van der Waals surface area (Å²) in [5.41, 5.74) is 3.52. The van der Waals surface area contributed by atoms with E-state index in [1.807, 2.05) is 0 Å². The van der Waals surface area contributed by atoms with E-state index in [0.29, 0.717) is 0 Å². The quantitative estimate of drug-likeness (QED) is 0.461. The third-order valence-electron chi connectivity index (χ3n) is 4.52. The Labute approximate surface area is 170 Å². The van der Waals surface area contributed by atoms with E-state index in [9.17, 15) is 0 Å². The number of benzene rings is 3. The van der Waals surface area contributed by atoms with Crippen molar-refractivity contribution in [2.45, 2.75) is 20.8 Å². The molecule has 0 saturated carbocycles. The topological polar surface area (TPSA) is 36.1 Å². The highest BCUT2D eigenvalue weighted by Crippen LogP contribution is 2.34. The molecule has 3 aromatic carbocycles. The molecule has 0 aromatic heterocycles. The Kier molecular flexibility index (Phi) is 7.33. The zero-order valence-electron chi connectivity index (χ0n) is 17.0. The number of anilines is 3. The van der Waals surface area contributed by atoms with Gasteiger partial charge in [0.1, 0.15) is 0 Å². The van der Waals surface area contributed by atoms with Crippen molar-refractivity contribution < 1.29 is 0 Å². The van der Waals surface area contributed by atoms with Crippen molar-refractivity contribution in [3.63, 3.8) is 0 Å². The van der Waals surface area contributed by atoms with E-state index in [1.165, 1.54) is 33.0 Å². The summed E-state index contributed by atoms with van der Waals surface area (Å²) in [5, 5.41) is 14.3. The fourth-order valence-electron chi connectivity index (χ4n) is 3.24. The molecule has 146 valence electrons. The minimum Gasteiger partial charge on any atom is -0.385 e. The van der Waals surface area contributed by atoms with Crippen molar-refractivity contribution in [2.24, 2.45) is 0 Å². The molecule has 0 radical (unpaired) electrons. The first-order chi connectivity index (χ1) is 13.7. The van der Waals surface area contributed by atoms with Crippen LogP contribution in [0.2, 0.25) is 0 Å². The van der Waals surface area contributed by atoms with Gasteiger partial charge in [-0.1, -0.05) is 36.4 Å². The van der Waals surface area contributed by atoms with Crippen LogP contribution in [0.25, 0.3) is 0 Å². The largest absolute Gasteiger partial charge is 0.385 e. The molecule has 0 aliphatic carbocycles. The van der Waals surface area contributed by atoms with Gasteiger partial charge >= 0.3 is 0 Å². The summed E-state index contributed by atoms with van der Waals surface area (Å²) in [6.45, 7) is 9.18. The second-order valence-corrected chi connectivity index (χ2v) is 8.79. The lowest BCUT2D eigenvalue weighted by atomic mass is 10.3. The predicted molar refractivity (Wildman–Crippen MR) is 128 cm³/mol. The molecule has 0 saturated heterocycles. The van der Waals surface area contributed by atoms with E-state index in [4.69, 9.17) is 0 Å². The van der Waals surface area contributed by atoms with Gasteiger partial charge in [-0.15, -0.1) is 0 Å². The van der Waals surface area contributed by atoms with Gasteiger partial charge in [-0.25, -0.2) is 0 Å². The molecule has 0 unspecified atom stereocenters. The molecule has 0 aliphatic heterocycles. The highest BCUT2D eigenvalue weighted by molar-refractivity contribution is 7.79. The van der Waals surface area contributed by atoms with Crippen LogP contribution in [-0.4, -0.2) is 19.6 Å². The van der Waals surface area contributed by atoms with Gasteiger partial charge in [0.25, 0.3) is 0 Å².